The summed E-state index contributed by atoms with van der Waals surface area (Å²) in [6.45, 7) is 7.39. The minimum absolute atomic E-state index is 0.111. The maximum atomic E-state index is 13.8. The molecule has 3 aromatic rings. The van der Waals surface area contributed by atoms with Crippen LogP contribution in [0.15, 0.2) is 54.6 Å². The number of carbonyl (C=O) groups excluding carboxylic acids is 1. The van der Waals surface area contributed by atoms with Crippen molar-refractivity contribution in [3.8, 4) is 0 Å². The summed E-state index contributed by atoms with van der Waals surface area (Å²) in [6, 6.07) is 18.6. The van der Waals surface area contributed by atoms with Gasteiger partial charge in [0.05, 0.1) is 24.2 Å². The van der Waals surface area contributed by atoms with Crippen molar-refractivity contribution in [2.75, 3.05) is 32.8 Å². The number of morpholine rings is 1. The van der Waals surface area contributed by atoms with Crippen molar-refractivity contribution >= 4 is 16.9 Å². The lowest BCUT2D eigenvalue weighted by atomic mass is 10.1. The molecule has 1 atom stereocenters. The molecule has 6 heteroatoms. The highest BCUT2D eigenvalue weighted by molar-refractivity contribution is 5.81. The lowest BCUT2D eigenvalue weighted by molar-refractivity contribution is -0.135. The average molecular weight is 433 g/mol. The van der Waals surface area contributed by atoms with E-state index in [4.69, 9.17) is 9.72 Å². The Hall–Kier alpha value is -2.70. The Bertz CT molecular complexity index is 1050. The molecule has 1 unspecified atom stereocenters. The van der Waals surface area contributed by atoms with Crippen molar-refractivity contribution in [3.63, 3.8) is 0 Å². The molecule has 0 spiro atoms. The Morgan fingerprint density at radius 3 is 2.56 bits per heavy atom. The van der Waals surface area contributed by atoms with Crippen LogP contribution in [0.5, 0.6) is 0 Å². The highest BCUT2D eigenvalue weighted by atomic mass is 16.5. The minimum atomic E-state index is 0.111. The SMILES string of the molecule is CC(CN1CCOCC1)N(Cc1ccccc1)C(=O)Cn1c(C2CC2)nc2ccccc21. The van der Waals surface area contributed by atoms with Crippen LogP contribution in [-0.4, -0.2) is 64.1 Å². The minimum Gasteiger partial charge on any atom is -0.379 e. The number of benzene rings is 2. The fraction of sp³-hybridized carbons (Fsp3) is 0.462. The van der Waals surface area contributed by atoms with Crippen LogP contribution in [0.3, 0.4) is 0 Å². The normalized spacial score (nSPS) is 18.0. The van der Waals surface area contributed by atoms with E-state index in [-0.39, 0.29) is 11.9 Å². The monoisotopic (exact) mass is 432 g/mol. The Labute approximate surface area is 189 Å². The number of nitrogens with zero attached hydrogens (tertiary/aromatic N) is 4. The lowest BCUT2D eigenvalue weighted by Crippen LogP contribution is -2.48. The van der Waals surface area contributed by atoms with Crippen LogP contribution in [0.2, 0.25) is 0 Å². The van der Waals surface area contributed by atoms with Crippen molar-refractivity contribution in [2.24, 2.45) is 0 Å². The van der Waals surface area contributed by atoms with Crippen LogP contribution in [0.4, 0.5) is 0 Å². The van der Waals surface area contributed by atoms with Gasteiger partial charge < -0.3 is 14.2 Å². The average Bonchev–Trinajstić information content (AvgIpc) is 3.61. The molecular formula is C26H32N4O2. The van der Waals surface area contributed by atoms with Gasteiger partial charge in [-0.2, -0.15) is 0 Å². The van der Waals surface area contributed by atoms with Crippen LogP contribution in [0.1, 0.15) is 37.1 Å². The fourth-order valence-corrected chi connectivity index (χ4v) is 4.67. The number of aromatic nitrogens is 2. The number of para-hydroxylation sites is 2. The summed E-state index contributed by atoms with van der Waals surface area (Å²) in [7, 11) is 0. The van der Waals surface area contributed by atoms with Crippen LogP contribution < -0.4 is 0 Å². The molecule has 32 heavy (non-hydrogen) atoms. The van der Waals surface area contributed by atoms with Gasteiger partial charge in [0.1, 0.15) is 12.4 Å². The smallest absolute Gasteiger partial charge is 0.243 e. The first kappa shape index (κ1) is 21.2. The molecule has 0 bridgehead atoms. The van der Waals surface area contributed by atoms with E-state index in [1.165, 1.54) is 12.8 Å². The highest BCUT2D eigenvalue weighted by Gasteiger charge is 2.31. The molecule has 1 saturated heterocycles. The Morgan fingerprint density at radius 2 is 1.81 bits per heavy atom. The van der Waals surface area contributed by atoms with Gasteiger partial charge in [0.25, 0.3) is 0 Å². The molecule has 0 radical (unpaired) electrons. The number of hydrogen-bond donors (Lipinski definition) is 0. The fourth-order valence-electron chi connectivity index (χ4n) is 4.67. The van der Waals surface area contributed by atoms with Gasteiger partial charge in [-0.3, -0.25) is 9.69 Å². The molecule has 2 heterocycles. The molecule has 6 nitrogen and oxygen atoms in total. The van der Waals surface area contributed by atoms with Gasteiger partial charge in [-0.05, 0) is 37.5 Å². The summed E-state index contributed by atoms with van der Waals surface area (Å²) in [4.78, 5) is 23.1. The van der Waals surface area contributed by atoms with Crippen molar-refractivity contribution < 1.29 is 9.53 Å². The second-order valence-electron chi connectivity index (χ2n) is 9.09. The van der Waals surface area contributed by atoms with Gasteiger partial charge in [-0.25, -0.2) is 4.98 Å². The molecular weight excluding hydrogens is 400 g/mol. The highest BCUT2D eigenvalue weighted by Crippen LogP contribution is 2.40. The van der Waals surface area contributed by atoms with E-state index < -0.39 is 0 Å². The molecule has 2 aromatic carbocycles. The van der Waals surface area contributed by atoms with Gasteiger partial charge >= 0.3 is 0 Å². The summed E-state index contributed by atoms with van der Waals surface area (Å²) >= 11 is 0. The summed E-state index contributed by atoms with van der Waals surface area (Å²) in [6.07, 6.45) is 2.33. The maximum absolute atomic E-state index is 13.8. The van der Waals surface area contributed by atoms with Gasteiger partial charge in [0, 0.05) is 38.1 Å². The number of imidazole rings is 1. The predicted octanol–water partition coefficient (Wildman–Crippen LogP) is 3.66. The third-order valence-electron chi connectivity index (χ3n) is 6.59. The van der Waals surface area contributed by atoms with Gasteiger partial charge in [-0.1, -0.05) is 42.5 Å². The van der Waals surface area contributed by atoms with Gasteiger partial charge in [0.15, 0.2) is 0 Å². The van der Waals surface area contributed by atoms with E-state index in [2.05, 4.69) is 39.5 Å². The third kappa shape index (κ3) is 4.71. The van der Waals surface area contributed by atoms with Crippen molar-refractivity contribution in [3.05, 3.63) is 66.0 Å². The van der Waals surface area contributed by atoms with E-state index in [0.29, 0.717) is 19.0 Å². The summed E-state index contributed by atoms with van der Waals surface area (Å²) in [5, 5.41) is 0. The van der Waals surface area contributed by atoms with Crippen LogP contribution in [-0.2, 0) is 22.6 Å². The number of rotatable bonds is 8. The molecule has 1 aliphatic heterocycles. The summed E-state index contributed by atoms with van der Waals surface area (Å²) in [5.74, 6) is 1.71. The topological polar surface area (TPSA) is 50.6 Å². The Balaban J connectivity index is 1.40. The Morgan fingerprint density at radius 1 is 1.09 bits per heavy atom. The van der Waals surface area contributed by atoms with Gasteiger partial charge in [-0.15, -0.1) is 0 Å². The summed E-state index contributed by atoms with van der Waals surface area (Å²) in [5.41, 5.74) is 3.20. The van der Waals surface area contributed by atoms with Crippen molar-refractivity contribution in [1.82, 2.24) is 19.4 Å². The first-order valence-corrected chi connectivity index (χ1v) is 11.8. The zero-order valence-corrected chi connectivity index (χ0v) is 18.8. The molecule has 0 N–H and O–H groups in total. The summed E-state index contributed by atoms with van der Waals surface area (Å²) < 4.78 is 7.67. The van der Waals surface area contributed by atoms with Crippen molar-refractivity contribution in [2.45, 2.75) is 44.8 Å². The van der Waals surface area contributed by atoms with E-state index in [1.54, 1.807) is 0 Å². The molecule has 2 fully saturated rings. The first-order chi connectivity index (χ1) is 15.7. The van der Waals surface area contributed by atoms with Crippen LogP contribution >= 0.6 is 0 Å². The predicted molar refractivity (Wildman–Crippen MR) is 125 cm³/mol. The van der Waals surface area contributed by atoms with Crippen molar-refractivity contribution in [1.29, 1.82) is 0 Å². The molecule has 5 rings (SSSR count). The molecule has 2 aliphatic rings. The largest absolute Gasteiger partial charge is 0.379 e. The molecule has 1 aliphatic carbocycles. The van der Waals surface area contributed by atoms with Crippen LogP contribution in [0, 0.1) is 0 Å². The zero-order valence-electron chi connectivity index (χ0n) is 18.8. The number of fused-ring (bicyclic) bond motifs is 1. The van der Waals surface area contributed by atoms with E-state index in [9.17, 15) is 4.79 Å². The number of ether oxygens (including phenoxy) is 1. The quantitative estimate of drug-likeness (QED) is 0.545. The molecule has 1 aromatic heterocycles. The lowest BCUT2D eigenvalue weighted by Gasteiger charge is -2.35. The third-order valence-corrected chi connectivity index (χ3v) is 6.59. The second kappa shape index (κ2) is 9.43. The second-order valence-corrected chi connectivity index (χ2v) is 9.09. The molecule has 1 amide bonds. The standard InChI is InChI=1S/C26H32N4O2/c1-20(17-28-13-15-32-16-14-28)29(18-21-7-3-2-4-8-21)25(31)19-30-24-10-6-5-9-23(24)27-26(30)22-11-12-22/h2-10,20,22H,11-19H2,1H3. The molecule has 1 saturated carbocycles. The van der Waals surface area contributed by atoms with E-state index in [0.717, 1.165) is 55.3 Å². The molecule has 168 valence electrons. The first-order valence-electron chi connectivity index (χ1n) is 11.8. The van der Waals surface area contributed by atoms with E-state index in [1.807, 2.05) is 36.4 Å². The zero-order chi connectivity index (χ0) is 21.9. The number of amides is 1. The number of carbonyl (C=O) groups is 1. The maximum Gasteiger partial charge on any atom is 0.243 e. The Kier molecular flexibility index (Phi) is 6.23. The van der Waals surface area contributed by atoms with E-state index >= 15 is 0 Å². The van der Waals surface area contributed by atoms with Gasteiger partial charge in [0.2, 0.25) is 5.91 Å². The number of hydrogen-bond acceptors (Lipinski definition) is 4. The van der Waals surface area contributed by atoms with Crippen LogP contribution in [0.25, 0.3) is 11.0 Å².